The van der Waals surface area contributed by atoms with Crippen molar-refractivity contribution in [2.75, 3.05) is 19.8 Å². The maximum absolute atomic E-state index is 5.91. The molecule has 0 spiro atoms. The molecule has 0 unspecified atom stereocenters. The second-order valence-corrected chi connectivity index (χ2v) is 4.97. The molecule has 0 aromatic carbocycles. The van der Waals surface area contributed by atoms with E-state index in [1.807, 2.05) is 13.8 Å². The van der Waals surface area contributed by atoms with Crippen LogP contribution in [0, 0.1) is 5.92 Å². The zero-order valence-corrected chi connectivity index (χ0v) is 8.91. The van der Waals surface area contributed by atoms with E-state index in [1.54, 1.807) is 0 Å². The predicted octanol–water partition coefficient (Wildman–Crippen LogP) is 0.851. The summed E-state index contributed by atoms with van der Waals surface area (Å²) >= 11 is 0. The van der Waals surface area contributed by atoms with Crippen LogP contribution in [0.2, 0.25) is 0 Å². The fraction of sp³-hybridized carbons (Fsp3) is 1.00. The Morgan fingerprint density at radius 1 is 1.21 bits per heavy atom. The van der Waals surface area contributed by atoms with E-state index in [9.17, 15) is 0 Å². The van der Waals surface area contributed by atoms with Crippen LogP contribution in [0.4, 0.5) is 0 Å². The van der Waals surface area contributed by atoms with Crippen molar-refractivity contribution in [1.29, 1.82) is 0 Å². The van der Waals surface area contributed by atoms with Crippen molar-refractivity contribution in [3.8, 4) is 0 Å². The van der Waals surface area contributed by atoms with Crippen LogP contribution in [-0.2, 0) is 14.2 Å². The van der Waals surface area contributed by atoms with Gasteiger partial charge in [0.2, 0.25) is 0 Å². The fourth-order valence-electron chi connectivity index (χ4n) is 1.70. The molecule has 82 valence electrons. The van der Waals surface area contributed by atoms with Gasteiger partial charge in [-0.3, -0.25) is 0 Å². The number of ether oxygens (including phenoxy) is 3. The third kappa shape index (κ3) is 2.25. The molecule has 0 radical (unpaired) electrons. The molecular weight excluding hydrogens is 182 g/mol. The Hall–Kier alpha value is -0.160. The maximum Gasteiger partial charge on any atom is 0.282 e. The average Bonchev–Trinajstić information content (AvgIpc) is 2.17. The average molecular weight is 201 g/mol. The first-order valence-electron chi connectivity index (χ1n) is 5.20. The van der Waals surface area contributed by atoms with Crippen LogP contribution in [-0.4, -0.2) is 31.3 Å². The van der Waals surface area contributed by atoms with Crippen LogP contribution in [0.5, 0.6) is 0 Å². The molecule has 3 fully saturated rings. The summed E-state index contributed by atoms with van der Waals surface area (Å²) in [5, 5.41) is 0. The Kier molecular flexibility index (Phi) is 2.55. The van der Waals surface area contributed by atoms with Gasteiger partial charge in [0.05, 0.1) is 19.8 Å². The summed E-state index contributed by atoms with van der Waals surface area (Å²) in [6, 6.07) is 0. The van der Waals surface area contributed by atoms with E-state index in [-0.39, 0.29) is 5.54 Å². The standard InChI is InChI=1S/C10H19NO3/c1-9(2,11)3-4-10-12-5-8(6-13-10)7-14-10/h8H,3-7,11H2,1-2H3. The number of hydrogen-bond acceptors (Lipinski definition) is 4. The monoisotopic (exact) mass is 201 g/mol. The van der Waals surface area contributed by atoms with Crippen molar-refractivity contribution in [2.45, 2.75) is 38.2 Å². The van der Waals surface area contributed by atoms with E-state index >= 15 is 0 Å². The van der Waals surface area contributed by atoms with E-state index < -0.39 is 5.97 Å². The second-order valence-electron chi connectivity index (χ2n) is 4.97. The first-order chi connectivity index (χ1) is 6.49. The van der Waals surface area contributed by atoms with Crippen LogP contribution in [0.1, 0.15) is 26.7 Å². The largest absolute Gasteiger partial charge is 0.327 e. The van der Waals surface area contributed by atoms with E-state index in [1.165, 1.54) is 0 Å². The highest BCUT2D eigenvalue weighted by molar-refractivity contribution is 4.79. The lowest BCUT2D eigenvalue weighted by atomic mass is 9.98. The molecule has 14 heavy (non-hydrogen) atoms. The zero-order valence-electron chi connectivity index (χ0n) is 8.91. The van der Waals surface area contributed by atoms with E-state index in [0.29, 0.717) is 12.3 Å². The molecule has 0 saturated carbocycles. The van der Waals surface area contributed by atoms with Crippen molar-refractivity contribution in [2.24, 2.45) is 11.7 Å². The van der Waals surface area contributed by atoms with Crippen LogP contribution in [0.15, 0.2) is 0 Å². The minimum atomic E-state index is -0.786. The van der Waals surface area contributed by atoms with E-state index in [0.717, 1.165) is 26.2 Å². The molecule has 4 heteroatoms. The summed E-state index contributed by atoms with van der Waals surface area (Å²) in [7, 11) is 0. The highest BCUT2D eigenvalue weighted by atomic mass is 16.9. The topological polar surface area (TPSA) is 53.7 Å². The Labute approximate surface area is 84.7 Å². The second kappa shape index (κ2) is 3.45. The number of rotatable bonds is 3. The summed E-state index contributed by atoms with van der Waals surface area (Å²) < 4.78 is 16.7. The van der Waals surface area contributed by atoms with Crippen molar-refractivity contribution in [1.82, 2.24) is 0 Å². The number of hydrogen-bond donors (Lipinski definition) is 1. The first kappa shape index (κ1) is 10.4. The van der Waals surface area contributed by atoms with Crippen LogP contribution >= 0.6 is 0 Å². The van der Waals surface area contributed by atoms with Gasteiger partial charge in [-0.2, -0.15) is 0 Å². The predicted molar refractivity (Wildman–Crippen MR) is 51.6 cm³/mol. The van der Waals surface area contributed by atoms with Gasteiger partial charge in [0.15, 0.2) is 0 Å². The molecular formula is C10H19NO3. The van der Waals surface area contributed by atoms with Gasteiger partial charge in [-0.1, -0.05) is 0 Å². The Morgan fingerprint density at radius 3 is 2.14 bits per heavy atom. The molecule has 0 amide bonds. The van der Waals surface area contributed by atoms with Crippen molar-refractivity contribution in [3.05, 3.63) is 0 Å². The summed E-state index contributed by atoms with van der Waals surface area (Å²) in [5.41, 5.74) is 5.72. The summed E-state index contributed by atoms with van der Waals surface area (Å²) in [6.07, 6.45) is 1.54. The van der Waals surface area contributed by atoms with Gasteiger partial charge >= 0.3 is 0 Å². The van der Waals surface area contributed by atoms with Crippen LogP contribution < -0.4 is 5.73 Å². The smallest absolute Gasteiger partial charge is 0.282 e. The van der Waals surface area contributed by atoms with E-state index in [2.05, 4.69) is 0 Å². The molecule has 2 bridgehead atoms. The molecule has 0 aliphatic carbocycles. The lowest BCUT2D eigenvalue weighted by Crippen LogP contribution is -2.54. The van der Waals surface area contributed by atoms with Gasteiger partial charge in [-0.05, 0) is 20.3 Å². The lowest BCUT2D eigenvalue weighted by Gasteiger charge is -2.45. The first-order valence-corrected chi connectivity index (χ1v) is 5.20. The molecule has 4 nitrogen and oxygen atoms in total. The summed E-state index contributed by atoms with van der Waals surface area (Å²) in [6.45, 7) is 6.26. The molecule has 0 aromatic rings. The molecule has 3 saturated heterocycles. The van der Waals surface area contributed by atoms with Gasteiger partial charge in [-0.15, -0.1) is 0 Å². The molecule has 0 aromatic heterocycles. The van der Waals surface area contributed by atoms with Gasteiger partial charge in [0, 0.05) is 17.9 Å². The SMILES string of the molecule is CC(C)(N)CCC12OCC(CO1)CO2. The van der Waals surface area contributed by atoms with Gasteiger partial charge in [-0.25, -0.2) is 0 Å². The Balaban J connectivity index is 1.89. The number of fused-ring (bicyclic) bond motifs is 3. The summed E-state index contributed by atoms with van der Waals surface area (Å²) in [5.74, 6) is -0.367. The quantitative estimate of drug-likeness (QED) is 0.735. The minimum absolute atomic E-state index is 0.195. The van der Waals surface area contributed by atoms with Crippen LogP contribution in [0.25, 0.3) is 0 Å². The third-order valence-electron chi connectivity index (χ3n) is 2.69. The summed E-state index contributed by atoms with van der Waals surface area (Å²) in [4.78, 5) is 0. The fourth-order valence-corrected chi connectivity index (χ4v) is 1.70. The van der Waals surface area contributed by atoms with Gasteiger partial charge in [0.25, 0.3) is 5.97 Å². The van der Waals surface area contributed by atoms with Crippen molar-refractivity contribution < 1.29 is 14.2 Å². The van der Waals surface area contributed by atoms with Crippen LogP contribution in [0.3, 0.4) is 0 Å². The maximum atomic E-state index is 5.91. The zero-order chi connectivity index (χ0) is 10.2. The van der Waals surface area contributed by atoms with Gasteiger partial charge < -0.3 is 19.9 Å². The van der Waals surface area contributed by atoms with Crippen molar-refractivity contribution >= 4 is 0 Å². The molecule has 3 aliphatic heterocycles. The molecule has 3 heterocycles. The molecule has 2 N–H and O–H groups in total. The van der Waals surface area contributed by atoms with Gasteiger partial charge in [0.1, 0.15) is 0 Å². The number of nitrogens with two attached hydrogens (primary N) is 1. The lowest BCUT2D eigenvalue weighted by molar-refractivity contribution is -0.450. The minimum Gasteiger partial charge on any atom is -0.327 e. The van der Waals surface area contributed by atoms with Crippen molar-refractivity contribution in [3.63, 3.8) is 0 Å². The normalized spacial score (nSPS) is 37.5. The third-order valence-corrected chi connectivity index (χ3v) is 2.69. The molecule has 3 aliphatic rings. The Bertz CT molecular complexity index is 190. The highest BCUT2D eigenvalue weighted by Crippen LogP contribution is 2.34. The molecule has 3 rings (SSSR count). The highest BCUT2D eigenvalue weighted by Gasteiger charge is 2.44. The Morgan fingerprint density at radius 2 is 1.71 bits per heavy atom. The molecule has 0 atom stereocenters. The van der Waals surface area contributed by atoms with E-state index in [4.69, 9.17) is 19.9 Å².